The van der Waals surface area contributed by atoms with Gasteiger partial charge in [0.05, 0.1) is 11.2 Å². The van der Waals surface area contributed by atoms with Gasteiger partial charge in [-0.2, -0.15) is 0 Å². The SMILES string of the molecule is CCCCCCCCCCCC(C)(C#CC(C)(C)OOC(C)(C)C)OOC(C)(C)C. The van der Waals surface area contributed by atoms with Gasteiger partial charge in [-0.05, 0) is 75.2 Å². The Labute approximate surface area is 187 Å². The van der Waals surface area contributed by atoms with E-state index in [1.807, 2.05) is 62.3 Å². The average molecular weight is 427 g/mol. The summed E-state index contributed by atoms with van der Waals surface area (Å²) in [6.45, 7) is 19.8. The molecule has 0 aromatic rings. The standard InChI is InChI=1S/C26H50O4/c1-11-12-13-14-15-16-17-18-19-20-26(10,30-28-24(5,6)7)22-21-25(8,9)29-27-23(2,3)4/h11-20H2,1-10H3. The zero-order chi connectivity index (χ0) is 23.3. The second-order valence-electron chi connectivity index (χ2n) is 11.1. The first kappa shape index (κ1) is 29.4. The minimum atomic E-state index is -0.738. The molecule has 0 rings (SSSR count). The second kappa shape index (κ2) is 13.7. The predicted octanol–water partition coefficient (Wildman–Crippen LogP) is 7.94. The number of rotatable bonds is 14. The van der Waals surface area contributed by atoms with Crippen LogP contribution in [0.15, 0.2) is 0 Å². The van der Waals surface area contributed by atoms with E-state index in [2.05, 4.69) is 18.8 Å². The van der Waals surface area contributed by atoms with E-state index in [0.29, 0.717) is 0 Å². The van der Waals surface area contributed by atoms with Gasteiger partial charge in [0.1, 0.15) is 0 Å². The van der Waals surface area contributed by atoms with Crippen LogP contribution in [0.4, 0.5) is 0 Å². The quantitative estimate of drug-likeness (QED) is 0.122. The van der Waals surface area contributed by atoms with Gasteiger partial charge in [-0.15, -0.1) is 0 Å². The van der Waals surface area contributed by atoms with Crippen molar-refractivity contribution in [2.45, 2.75) is 156 Å². The van der Waals surface area contributed by atoms with E-state index in [1.54, 1.807) is 0 Å². The highest BCUT2D eigenvalue weighted by Crippen LogP contribution is 2.24. The maximum Gasteiger partial charge on any atom is 0.161 e. The highest BCUT2D eigenvalue weighted by Gasteiger charge is 2.29. The molecule has 178 valence electrons. The van der Waals surface area contributed by atoms with Gasteiger partial charge in [0.15, 0.2) is 11.2 Å². The molecule has 0 aliphatic rings. The van der Waals surface area contributed by atoms with Crippen molar-refractivity contribution in [3.63, 3.8) is 0 Å². The van der Waals surface area contributed by atoms with Gasteiger partial charge in [-0.3, -0.25) is 0 Å². The molecule has 0 radical (unpaired) electrons. The van der Waals surface area contributed by atoms with Crippen LogP contribution in [0.2, 0.25) is 0 Å². The van der Waals surface area contributed by atoms with Gasteiger partial charge < -0.3 is 0 Å². The Morgan fingerprint density at radius 1 is 0.500 bits per heavy atom. The van der Waals surface area contributed by atoms with Crippen molar-refractivity contribution < 1.29 is 19.6 Å². The van der Waals surface area contributed by atoms with Gasteiger partial charge in [0.2, 0.25) is 0 Å². The molecule has 0 aromatic carbocycles. The van der Waals surface area contributed by atoms with Crippen molar-refractivity contribution in [3.05, 3.63) is 0 Å². The molecule has 4 heteroatoms. The van der Waals surface area contributed by atoms with Gasteiger partial charge >= 0.3 is 0 Å². The smallest absolute Gasteiger partial charge is 0.161 e. The fourth-order valence-corrected chi connectivity index (χ4v) is 2.65. The monoisotopic (exact) mass is 426 g/mol. The number of hydrogen-bond acceptors (Lipinski definition) is 4. The molecule has 0 N–H and O–H groups in total. The summed E-state index contributed by atoms with van der Waals surface area (Å²) in [6, 6.07) is 0. The molecule has 0 aliphatic carbocycles. The average Bonchev–Trinajstić information content (AvgIpc) is 2.61. The molecule has 1 atom stereocenters. The van der Waals surface area contributed by atoms with Crippen LogP contribution < -0.4 is 0 Å². The molecule has 0 fully saturated rings. The highest BCUT2D eigenvalue weighted by atomic mass is 17.2. The van der Waals surface area contributed by atoms with Crippen molar-refractivity contribution in [2.24, 2.45) is 0 Å². The molecule has 0 aliphatic heterocycles. The molecule has 0 bridgehead atoms. The van der Waals surface area contributed by atoms with Gasteiger partial charge in [-0.25, -0.2) is 19.6 Å². The molecule has 30 heavy (non-hydrogen) atoms. The molecular weight excluding hydrogens is 376 g/mol. The van der Waals surface area contributed by atoms with Gasteiger partial charge in [0, 0.05) is 0 Å². The summed E-state index contributed by atoms with van der Waals surface area (Å²) < 4.78 is 0. The summed E-state index contributed by atoms with van der Waals surface area (Å²) >= 11 is 0. The summed E-state index contributed by atoms with van der Waals surface area (Å²) in [5, 5.41) is 0. The van der Waals surface area contributed by atoms with Crippen LogP contribution in [0.3, 0.4) is 0 Å². The third kappa shape index (κ3) is 18.2. The Bertz CT molecular complexity index is 502. The van der Waals surface area contributed by atoms with Gasteiger partial charge in [0.25, 0.3) is 0 Å². The first-order valence-corrected chi connectivity index (χ1v) is 12.0. The van der Waals surface area contributed by atoms with Crippen LogP contribution >= 0.6 is 0 Å². The minimum absolute atomic E-state index is 0.384. The second-order valence-corrected chi connectivity index (χ2v) is 11.1. The van der Waals surface area contributed by atoms with Crippen molar-refractivity contribution in [1.82, 2.24) is 0 Å². The van der Waals surface area contributed by atoms with E-state index in [-0.39, 0.29) is 11.2 Å². The molecule has 0 spiro atoms. The Hall–Kier alpha value is -0.600. The van der Waals surface area contributed by atoms with E-state index in [9.17, 15) is 0 Å². The Balaban J connectivity index is 4.71. The lowest BCUT2D eigenvalue weighted by Crippen LogP contribution is -2.34. The lowest BCUT2D eigenvalue weighted by Gasteiger charge is -2.29. The normalized spacial score (nSPS) is 14.9. The molecule has 0 saturated heterocycles. The largest absolute Gasteiger partial charge is 0.229 e. The Kier molecular flexibility index (Phi) is 13.5. The van der Waals surface area contributed by atoms with Crippen LogP contribution in [0.1, 0.15) is 133 Å². The Morgan fingerprint density at radius 2 is 0.933 bits per heavy atom. The van der Waals surface area contributed by atoms with Crippen molar-refractivity contribution in [1.29, 1.82) is 0 Å². The zero-order valence-electron chi connectivity index (χ0n) is 21.7. The topological polar surface area (TPSA) is 36.9 Å². The van der Waals surface area contributed by atoms with Crippen LogP contribution in [-0.2, 0) is 19.6 Å². The summed E-state index contributed by atoms with van der Waals surface area (Å²) in [6.07, 6.45) is 12.4. The minimum Gasteiger partial charge on any atom is -0.229 e. The lowest BCUT2D eigenvalue weighted by molar-refractivity contribution is -0.390. The molecule has 0 heterocycles. The molecule has 0 saturated carbocycles. The van der Waals surface area contributed by atoms with E-state index in [1.165, 1.54) is 51.4 Å². The Morgan fingerprint density at radius 3 is 1.40 bits per heavy atom. The number of hydrogen-bond donors (Lipinski definition) is 0. The van der Waals surface area contributed by atoms with Crippen LogP contribution in [0, 0.1) is 11.8 Å². The highest BCUT2D eigenvalue weighted by molar-refractivity contribution is 5.19. The summed E-state index contributed by atoms with van der Waals surface area (Å²) in [4.78, 5) is 22.5. The zero-order valence-corrected chi connectivity index (χ0v) is 21.7. The van der Waals surface area contributed by atoms with E-state index < -0.39 is 11.2 Å². The van der Waals surface area contributed by atoms with Gasteiger partial charge in [-0.1, -0.05) is 70.1 Å². The summed E-state index contributed by atoms with van der Waals surface area (Å²) in [7, 11) is 0. The molecule has 1 unspecified atom stereocenters. The maximum atomic E-state index is 5.84. The predicted molar refractivity (Wildman–Crippen MR) is 126 cm³/mol. The van der Waals surface area contributed by atoms with E-state index >= 15 is 0 Å². The molecule has 0 aromatic heterocycles. The van der Waals surface area contributed by atoms with Crippen molar-refractivity contribution in [3.8, 4) is 11.8 Å². The summed E-state index contributed by atoms with van der Waals surface area (Å²) in [5.41, 5.74) is -2.19. The van der Waals surface area contributed by atoms with Crippen LogP contribution in [0.25, 0.3) is 0 Å². The van der Waals surface area contributed by atoms with Crippen molar-refractivity contribution in [2.75, 3.05) is 0 Å². The van der Waals surface area contributed by atoms with E-state index in [0.717, 1.165) is 12.8 Å². The third-order valence-corrected chi connectivity index (χ3v) is 4.36. The first-order chi connectivity index (χ1) is 13.7. The number of unbranched alkanes of at least 4 members (excludes halogenated alkanes) is 8. The molecular formula is C26H50O4. The maximum absolute atomic E-state index is 5.84. The lowest BCUT2D eigenvalue weighted by atomic mass is 9.96. The fourth-order valence-electron chi connectivity index (χ4n) is 2.65. The van der Waals surface area contributed by atoms with Crippen LogP contribution in [0.5, 0.6) is 0 Å². The van der Waals surface area contributed by atoms with Crippen LogP contribution in [-0.4, -0.2) is 22.4 Å². The molecule has 0 amide bonds. The molecule has 4 nitrogen and oxygen atoms in total. The van der Waals surface area contributed by atoms with E-state index in [4.69, 9.17) is 19.6 Å². The summed E-state index contributed by atoms with van der Waals surface area (Å²) in [5.74, 6) is 6.46. The fraction of sp³-hybridized carbons (Fsp3) is 0.923. The van der Waals surface area contributed by atoms with Crippen molar-refractivity contribution >= 4 is 0 Å². The first-order valence-electron chi connectivity index (χ1n) is 12.0. The third-order valence-electron chi connectivity index (χ3n) is 4.36.